The highest BCUT2D eigenvalue weighted by atomic mass is 16.5. The molecule has 0 radical (unpaired) electrons. The SMILES string of the molecule is COC(C)(C)CC(C)NCc1nc2cc(C)c(C)cc2[nH]1. The van der Waals surface area contributed by atoms with Gasteiger partial charge in [-0.3, -0.25) is 0 Å². The Bertz CT molecular complexity index is 577. The van der Waals surface area contributed by atoms with E-state index >= 15 is 0 Å². The Hall–Kier alpha value is -1.39. The molecule has 2 rings (SSSR count). The Kier molecular flexibility index (Phi) is 4.69. The van der Waals surface area contributed by atoms with Gasteiger partial charge in [-0.25, -0.2) is 4.98 Å². The third-order valence-electron chi connectivity index (χ3n) is 4.11. The molecule has 116 valence electrons. The molecule has 0 saturated carbocycles. The highest BCUT2D eigenvalue weighted by Gasteiger charge is 2.20. The van der Waals surface area contributed by atoms with Crippen LogP contribution in [0, 0.1) is 13.8 Å². The number of nitrogens with one attached hydrogen (secondary N) is 2. The number of hydrogen-bond acceptors (Lipinski definition) is 3. The number of nitrogens with zero attached hydrogens (tertiary/aromatic N) is 1. The van der Waals surface area contributed by atoms with Crippen LogP contribution in [0.2, 0.25) is 0 Å². The summed E-state index contributed by atoms with van der Waals surface area (Å²) in [7, 11) is 1.76. The van der Waals surface area contributed by atoms with Gasteiger partial charge < -0.3 is 15.0 Å². The van der Waals surface area contributed by atoms with Gasteiger partial charge in [0.1, 0.15) is 5.82 Å². The fourth-order valence-electron chi connectivity index (χ4n) is 2.57. The summed E-state index contributed by atoms with van der Waals surface area (Å²) in [4.78, 5) is 8.04. The van der Waals surface area contributed by atoms with Crippen LogP contribution in [0.5, 0.6) is 0 Å². The minimum Gasteiger partial charge on any atom is -0.379 e. The Balaban J connectivity index is 2.00. The number of aryl methyl sites for hydroxylation is 2. The Morgan fingerprint density at radius 2 is 1.95 bits per heavy atom. The van der Waals surface area contributed by atoms with Crippen LogP contribution >= 0.6 is 0 Å². The molecule has 4 heteroatoms. The van der Waals surface area contributed by atoms with Crippen molar-refractivity contribution in [2.45, 2.75) is 59.2 Å². The van der Waals surface area contributed by atoms with Gasteiger partial charge in [0.05, 0.1) is 23.2 Å². The predicted octanol–water partition coefficient (Wildman–Crippen LogP) is 3.47. The molecule has 0 aliphatic carbocycles. The minimum absolute atomic E-state index is 0.103. The number of aromatic nitrogens is 2. The van der Waals surface area contributed by atoms with Crippen LogP contribution in [0.4, 0.5) is 0 Å². The maximum Gasteiger partial charge on any atom is 0.121 e. The Morgan fingerprint density at radius 1 is 1.29 bits per heavy atom. The van der Waals surface area contributed by atoms with Gasteiger partial charge in [0, 0.05) is 13.2 Å². The summed E-state index contributed by atoms with van der Waals surface area (Å²) in [5.41, 5.74) is 4.62. The standard InChI is InChI=1S/C17H27N3O/c1-11-7-14-15(8-12(11)2)20-16(19-14)10-18-13(3)9-17(4,5)21-6/h7-8,13,18H,9-10H2,1-6H3,(H,19,20). The molecule has 1 aromatic carbocycles. The van der Waals surface area contributed by atoms with Crippen LogP contribution in [-0.2, 0) is 11.3 Å². The molecular formula is C17H27N3O. The topological polar surface area (TPSA) is 49.9 Å². The Labute approximate surface area is 127 Å². The molecule has 1 unspecified atom stereocenters. The number of methoxy groups -OCH3 is 1. The van der Waals surface area contributed by atoms with Crippen LogP contribution < -0.4 is 5.32 Å². The van der Waals surface area contributed by atoms with Crippen LogP contribution in [0.15, 0.2) is 12.1 Å². The van der Waals surface area contributed by atoms with Crippen molar-refractivity contribution in [1.82, 2.24) is 15.3 Å². The minimum atomic E-state index is -0.103. The van der Waals surface area contributed by atoms with E-state index in [9.17, 15) is 0 Å². The molecule has 0 aliphatic rings. The van der Waals surface area contributed by atoms with Gasteiger partial charge in [0.25, 0.3) is 0 Å². The normalized spacial score (nSPS) is 13.8. The number of benzene rings is 1. The summed E-state index contributed by atoms with van der Waals surface area (Å²) in [5.74, 6) is 0.983. The van der Waals surface area contributed by atoms with Crippen LogP contribution in [0.1, 0.15) is 44.1 Å². The van der Waals surface area contributed by atoms with E-state index in [2.05, 4.69) is 62.0 Å². The van der Waals surface area contributed by atoms with Crippen LogP contribution in [0.3, 0.4) is 0 Å². The van der Waals surface area contributed by atoms with Crippen molar-refractivity contribution in [2.75, 3.05) is 7.11 Å². The average Bonchev–Trinajstić information content (AvgIpc) is 2.78. The monoisotopic (exact) mass is 289 g/mol. The molecule has 2 N–H and O–H groups in total. The van der Waals surface area contributed by atoms with Crippen LogP contribution in [0.25, 0.3) is 11.0 Å². The van der Waals surface area contributed by atoms with E-state index in [1.165, 1.54) is 11.1 Å². The first-order chi connectivity index (χ1) is 9.80. The van der Waals surface area contributed by atoms with E-state index in [4.69, 9.17) is 4.74 Å². The molecule has 1 aromatic heterocycles. The van der Waals surface area contributed by atoms with E-state index in [-0.39, 0.29) is 5.60 Å². The fourth-order valence-corrected chi connectivity index (χ4v) is 2.57. The zero-order valence-electron chi connectivity index (χ0n) is 14.0. The zero-order valence-corrected chi connectivity index (χ0v) is 14.0. The molecule has 4 nitrogen and oxygen atoms in total. The molecule has 0 saturated heterocycles. The second-order valence-corrected chi connectivity index (χ2v) is 6.59. The van der Waals surface area contributed by atoms with Gasteiger partial charge >= 0.3 is 0 Å². The van der Waals surface area contributed by atoms with Gasteiger partial charge in [-0.1, -0.05) is 0 Å². The zero-order chi connectivity index (χ0) is 15.6. The smallest absolute Gasteiger partial charge is 0.121 e. The highest BCUT2D eigenvalue weighted by molar-refractivity contribution is 5.77. The third-order valence-corrected chi connectivity index (χ3v) is 4.11. The summed E-state index contributed by atoms with van der Waals surface area (Å²) in [5, 5.41) is 3.51. The predicted molar refractivity (Wildman–Crippen MR) is 87.6 cm³/mol. The summed E-state index contributed by atoms with van der Waals surface area (Å²) in [6.45, 7) is 11.4. The van der Waals surface area contributed by atoms with Crippen molar-refractivity contribution in [3.8, 4) is 0 Å². The van der Waals surface area contributed by atoms with E-state index in [0.29, 0.717) is 6.04 Å². The molecule has 1 atom stereocenters. The van der Waals surface area contributed by atoms with Crippen LogP contribution in [-0.4, -0.2) is 28.7 Å². The maximum atomic E-state index is 5.47. The van der Waals surface area contributed by atoms with Crippen molar-refractivity contribution in [3.05, 3.63) is 29.1 Å². The van der Waals surface area contributed by atoms with E-state index < -0.39 is 0 Å². The van der Waals surface area contributed by atoms with Gasteiger partial charge in [-0.15, -0.1) is 0 Å². The number of hydrogen-bond donors (Lipinski definition) is 2. The molecular weight excluding hydrogens is 262 g/mol. The number of aromatic amines is 1. The largest absolute Gasteiger partial charge is 0.379 e. The van der Waals surface area contributed by atoms with Crippen molar-refractivity contribution in [3.63, 3.8) is 0 Å². The number of rotatable bonds is 6. The first-order valence-electron chi connectivity index (χ1n) is 7.55. The van der Waals surface area contributed by atoms with Crippen molar-refractivity contribution in [1.29, 1.82) is 0 Å². The molecule has 0 aliphatic heterocycles. The van der Waals surface area contributed by atoms with Gasteiger partial charge in [0.15, 0.2) is 0 Å². The van der Waals surface area contributed by atoms with Crippen molar-refractivity contribution >= 4 is 11.0 Å². The van der Waals surface area contributed by atoms with Gasteiger partial charge in [-0.05, 0) is 64.3 Å². The molecule has 1 heterocycles. The Morgan fingerprint density at radius 3 is 2.62 bits per heavy atom. The first kappa shape index (κ1) is 16.0. The van der Waals surface area contributed by atoms with Crippen molar-refractivity contribution < 1.29 is 4.74 Å². The number of imidazole rings is 1. The number of H-pyrrole nitrogens is 1. The third kappa shape index (κ3) is 4.05. The lowest BCUT2D eigenvalue weighted by Gasteiger charge is -2.26. The van der Waals surface area contributed by atoms with Gasteiger partial charge in [-0.2, -0.15) is 0 Å². The van der Waals surface area contributed by atoms with Gasteiger partial charge in [0.2, 0.25) is 0 Å². The van der Waals surface area contributed by atoms with E-state index in [1.807, 2.05) is 0 Å². The molecule has 0 spiro atoms. The fraction of sp³-hybridized carbons (Fsp3) is 0.588. The second-order valence-electron chi connectivity index (χ2n) is 6.59. The second kappa shape index (κ2) is 6.16. The molecule has 2 aromatic rings. The number of fused-ring (bicyclic) bond motifs is 1. The highest BCUT2D eigenvalue weighted by Crippen LogP contribution is 2.18. The first-order valence-corrected chi connectivity index (χ1v) is 7.55. The summed E-state index contributed by atoms with van der Waals surface area (Å²) >= 11 is 0. The molecule has 21 heavy (non-hydrogen) atoms. The molecule has 0 fully saturated rings. The molecule has 0 bridgehead atoms. The maximum absolute atomic E-state index is 5.47. The lowest BCUT2D eigenvalue weighted by molar-refractivity contribution is 0.00840. The summed E-state index contributed by atoms with van der Waals surface area (Å²) in [6.07, 6.45) is 0.960. The van der Waals surface area contributed by atoms with E-state index in [1.54, 1.807) is 7.11 Å². The summed E-state index contributed by atoms with van der Waals surface area (Å²) in [6, 6.07) is 4.68. The quantitative estimate of drug-likeness (QED) is 0.856. The molecule has 0 amide bonds. The van der Waals surface area contributed by atoms with E-state index in [0.717, 1.165) is 29.8 Å². The average molecular weight is 289 g/mol. The lowest BCUT2D eigenvalue weighted by atomic mass is 10.00. The lowest BCUT2D eigenvalue weighted by Crippen LogP contribution is -2.35. The van der Waals surface area contributed by atoms with Crippen molar-refractivity contribution in [2.24, 2.45) is 0 Å². The summed E-state index contributed by atoms with van der Waals surface area (Å²) < 4.78 is 5.47. The number of ether oxygens (including phenoxy) is 1.